The van der Waals surface area contributed by atoms with E-state index in [1.807, 2.05) is 18.9 Å². The van der Waals surface area contributed by atoms with Gasteiger partial charge in [0.2, 0.25) is 5.91 Å². The average molecular weight is 324 g/mol. The van der Waals surface area contributed by atoms with Crippen molar-refractivity contribution in [3.8, 4) is 0 Å². The van der Waals surface area contributed by atoms with E-state index in [0.717, 1.165) is 38.6 Å². The predicted octanol–water partition coefficient (Wildman–Crippen LogP) is 1.76. The third kappa shape index (κ3) is 3.57. The molecule has 1 spiro atoms. The van der Waals surface area contributed by atoms with Crippen LogP contribution in [-0.4, -0.2) is 74.9 Å². The van der Waals surface area contributed by atoms with Gasteiger partial charge in [-0.25, -0.2) is 0 Å². The second-order valence-corrected chi connectivity index (χ2v) is 7.55. The van der Waals surface area contributed by atoms with Crippen molar-refractivity contribution in [3.63, 3.8) is 0 Å². The molecule has 23 heavy (non-hydrogen) atoms. The van der Waals surface area contributed by atoms with Gasteiger partial charge in [0.05, 0.1) is 6.61 Å². The summed E-state index contributed by atoms with van der Waals surface area (Å²) in [5, 5.41) is 0. The predicted molar refractivity (Wildman–Crippen MR) is 89.3 cm³/mol. The lowest BCUT2D eigenvalue weighted by atomic mass is 9.71. The smallest absolute Gasteiger partial charge is 0.248 e. The van der Waals surface area contributed by atoms with Crippen LogP contribution in [0.1, 0.15) is 39.0 Å². The normalized spacial score (nSPS) is 28.3. The van der Waals surface area contributed by atoms with Gasteiger partial charge >= 0.3 is 0 Å². The van der Waals surface area contributed by atoms with Crippen molar-refractivity contribution in [2.24, 2.45) is 11.3 Å². The fourth-order valence-electron chi connectivity index (χ4n) is 4.58. The first-order valence-corrected chi connectivity index (χ1v) is 9.27. The van der Waals surface area contributed by atoms with Crippen molar-refractivity contribution in [2.45, 2.75) is 45.1 Å². The lowest BCUT2D eigenvalue weighted by molar-refractivity contribution is -0.138. The molecular formula is C18H32N2O3. The molecule has 2 heterocycles. The Morgan fingerprint density at radius 1 is 1.26 bits per heavy atom. The summed E-state index contributed by atoms with van der Waals surface area (Å²) in [6.45, 7) is 7.78. The summed E-state index contributed by atoms with van der Waals surface area (Å²) in [7, 11) is 1.82. The standard InChI is InChI=1S/C18H32N2O3/c1-3-23-13-17(21)19-9-7-18(8-10-19)14-20(16-5-4-6-16)11-15(18)12-22-2/h15-16H,3-14H2,1-2H3. The molecule has 132 valence electrons. The minimum absolute atomic E-state index is 0.152. The first kappa shape index (κ1) is 17.2. The Morgan fingerprint density at radius 3 is 2.57 bits per heavy atom. The van der Waals surface area contributed by atoms with Crippen LogP contribution in [0.2, 0.25) is 0 Å². The van der Waals surface area contributed by atoms with E-state index < -0.39 is 0 Å². The molecule has 0 bridgehead atoms. The molecule has 0 aromatic rings. The van der Waals surface area contributed by atoms with E-state index in [4.69, 9.17) is 9.47 Å². The zero-order chi connectivity index (χ0) is 16.3. The Balaban J connectivity index is 1.58. The fourth-order valence-corrected chi connectivity index (χ4v) is 4.58. The molecule has 2 aliphatic heterocycles. The highest BCUT2D eigenvalue weighted by Gasteiger charge is 2.50. The molecule has 3 fully saturated rings. The average Bonchev–Trinajstić information content (AvgIpc) is 2.82. The Labute approximate surface area is 140 Å². The van der Waals surface area contributed by atoms with E-state index in [-0.39, 0.29) is 12.5 Å². The Kier molecular flexibility index (Phi) is 5.60. The number of amides is 1. The summed E-state index contributed by atoms with van der Waals surface area (Å²) in [5.74, 6) is 0.774. The molecule has 0 radical (unpaired) electrons. The van der Waals surface area contributed by atoms with Crippen molar-refractivity contribution < 1.29 is 14.3 Å². The van der Waals surface area contributed by atoms with Crippen molar-refractivity contribution in [2.75, 3.05) is 53.1 Å². The van der Waals surface area contributed by atoms with Crippen LogP contribution in [0, 0.1) is 11.3 Å². The number of piperidine rings is 1. The quantitative estimate of drug-likeness (QED) is 0.747. The topological polar surface area (TPSA) is 42.0 Å². The third-order valence-electron chi connectivity index (χ3n) is 6.34. The van der Waals surface area contributed by atoms with E-state index in [1.54, 1.807) is 0 Å². The highest BCUT2D eigenvalue weighted by molar-refractivity contribution is 5.77. The summed E-state index contributed by atoms with van der Waals surface area (Å²) in [5.41, 5.74) is 0.355. The van der Waals surface area contributed by atoms with Crippen molar-refractivity contribution in [3.05, 3.63) is 0 Å². The van der Waals surface area contributed by atoms with E-state index in [9.17, 15) is 4.79 Å². The maximum Gasteiger partial charge on any atom is 0.248 e. The van der Waals surface area contributed by atoms with Crippen LogP contribution in [-0.2, 0) is 14.3 Å². The van der Waals surface area contributed by atoms with Crippen LogP contribution in [0.15, 0.2) is 0 Å². The monoisotopic (exact) mass is 324 g/mol. The van der Waals surface area contributed by atoms with Crippen molar-refractivity contribution >= 4 is 5.91 Å². The van der Waals surface area contributed by atoms with E-state index in [1.165, 1.54) is 32.4 Å². The number of nitrogens with zero attached hydrogens (tertiary/aromatic N) is 2. The van der Waals surface area contributed by atoms with Gasteiger partial charge in [0.1, 0.15) is 6.61 Å². The van der Waals surface area contributed by atoms with Gasteiger partial charge in [0.25, 0.3) is 0 Å². The van der Waals surface area contributed by atoms with Gasteiger partial charge in [-0.3, -0.25) is 9.69 Å². The molecular weight excluding hydrogens is 292 g/mol. The zero-order valence-corrected chi connectivity index (χ0v) is 14.8. The summed E-state index contributed by atoms with van der Waals surface area (Å²) in [4.78, 5) is 16.9. The van der Waals surface area contributed by atoms with Crippen molar-refractivity contribution in [1.82, 2.24) is 9.80 Å². The number of ether oxygens (including phenoxy) is 2. The van der Waals surface area contributed by atoms with Crippen LogP contribution >= 0.6 is 0 Å². The molecule has 2 saturated heterocycles. The SMILES string of the molecule is CCOCC(=O)N1CCC2(CC1)CN(C1CCC1)CC2COC. The summed E-state index contributed by atoms with van der Waals surface area (Å²) >= 11 is 0. The highest BCUT2D eigenvalue weighted by Crippen LogP contribution is 2.47. The molecule has 3 rings (SSSR count). The first-order chi connectivity index (χ1) is 11.2. The molecule has 1 atom stereocenters. The van der Waals surface area contributed by atoms with Crippen LogP contribution in [0.3, 0.4) is 0 Å². The molecule has 1 amide bonds. The summed E-state index contributed by atoms with van der Waals surface area (Å²) < 4.78 is 10.8. The van der Waals surface area contributed by atoms with Crippen LogP contribution in [0.25, 0.3) is 0 Å². The number of methoxy groups -OCH3 is 1. The van der Waals surface area contributed by atoms with E-state index in [2.05, 4.69) is 4.90 Å². The van der Waals surface area contributed by atoms with Gasteiger partial charge in [-0.15, -0.1) is 0 Å². The summed E-state index contributed by atoms with van der Waals surface area (Å²) in [6.07, 6.45) is 6.36. The molecule has 1 saturated carbocycles. The highest BCUT2D eigenvalue weighted by atomic mass is 16.5. The molecule has 1 aliphatic carbocycles. The lowest BCUT2D eigenvalue weighted by Crippen LogP contribution is -2.48. The summed E-state index contributed by atoms with van der Waals surface area (Å²) in [6, 6.07) is 0.811. The number of hydrogen-bond donors (Lipinski definition) is 0. The minimum Gasteiger partial charge on any atom is -0.384 e. The van der Waals surface area contributed by atoms with E-state index >= 15 is 0 Å². The molecule has 1 unspecified atom stereocenters. The Hall–Kier alpha value is -0.650. The molecule has 0 aromatic carbocycles. The lowest BCUT2D eigenvalue weighted by Gasteiger charge is -2.43. The maximum absolute atomic E-state index is 12.2. The van der Waals surface area contributed by atoms with Crippen molar-refractivity contribution in [1.29, 1.82) is 0 Å². The largest absolute Gasteiger partial charge is 0.384 e. The number of carbonyl (C=O) groups is 1. The fraction of sp³-hybridized carbons (Fsp3) is 0.944. The van der Waals surface area contributed by atoms with Crippen LogP contribution in [0.4, 0.5) is 0 Å². The number of rotatable bonds is 6. The van der Waals surface area contributed by atoms with Gasteiger partial charge in [-0.05, 0) is 38.0 Å². The van der Waals surface area contributed by atoms with Gasteiger partial charge in [-0.1, -0.05) is 6.42 Å². The second kappa shape index (κ2) is 7.49. The first-order valence-electron chi connectivity index (χ1n) is 9.27. The van der Waals surface area contributed by atoms with Gasteiger partial charge in [-0.2, -0.15) is 0 Å². The zero-order valence-electron chi connectivity index (χ0n) is 14.8. The molecule has 0 N–H and O–H groups in total. The van der Waals surface area contributed by atoms with Gasteiger partial charge < -0.3 is 14.4 Å². The Morgan fingerprint density at radius 2 is 2.00 bits per heavy atom. The molecule has 0 aromatic heterocycles. The van der Waals surface area contributed by atoms with Gasteiger partial charge in [0.15, 0.2) is 0 Å². The van der Waals surface area contributed by atoms with Crippen LogP contribution < -0.4 is 0 Å². The van der Waals surface area contributed by atoms with Crippen LogP contribution in [0.5, 0.6) is 0 Å². The van der Waals surface area contributed by atoms with Gasteiger partial charge in [0, 0.05) is 51.9 Å². The molecule has 5 nitrogen and oxygen atoms in total. The number of likely N-dealkylation sites (tertiary alicyclic amines) is 2. The maximum atomic E-state index is 12.2. The number of carbonyl (C=O) groups excluding carboxylic acids is 1. The molecule has 3 aliphatic rings. The Bertz CT molecular complexity index is 403. The second-order valence-electron chi connectivity index (χ2n) is 7.55. The third-order valence-corrected chi connectivity index (χ3v) is 6.34. The number of hydrogen-bond acceptors (Lipinski definition) is 4. The van der Waals surface area contributed by atoms with E-state index in [0.29, 0.717) is 17.9 Å². The molecule has 5 heteroatoms. The minimum atomic E-state index is 0.152.